The van der Waals surface area contributed by atoms with E-state index in [-0.39, 0.29) is 0 Å². The fourth-order valence-corrected chi connectivity index (χ4v) is 2.85. The standard InChI is InChI=1S/C12H19N3/c13-7-10-5-2-6-15-11(10)8-14-12(15)9-3-1-4-9/h8-10H,1-7,13H2. The molecule has 3 heteroatoms. The maximum Gasteiger partial charge on any atom is 0.111 e. The van der Waals surface area contributed by atoms with Crippen LogP contribution in [0.4, 0.5) is 0 Å². The number of nitrogens with zero attached hydrogens (tertiary/aromatic N) is 2. The minimum absolute atomic E-state index is 0.556. The van der Waals surface area contributed by atoms with Gasteiger partial charge >= 0.3 is 0 Å². The van der Waals surface area contributed by atoms with Crippen molar-refractivity contribution in [3.8, 4) is 0 Å². The van der Waals surface area contributed by atoms with Crippen molar-refractivity contribution >= 4 is 0 Å². The highest BCUT2D eigenvalue weighted by atomic mass is 15.1. The topological polar surface area (TPSA) is 43.8 Å². The molecule has 1 fully saturated rings. The van der Waals surface area contributed by atoms with Gasteiger partial charge in [0.1, 0.15) is 5.82 Å². The molecule has 15 heavy (non-hydrogen) atoms. The quantitative estimate of drug-likeness (QED) is 0.802. The molecule has 1 atom stereocenters. The zero-order valence-electron chi connectivity index (χ0n) is 9.15. The largest absolute Gasteiger partial charge is 0.331 e. The first kappa shape index (κ1) is 9.40. The van der Waals surface area contributed by atoms with E-state index >= 15 is 0 Å². The van der Waals surface area contributed by atoms with Gasteiger partial charge in [0.05, 0.1) is 0 Å². The molecule has 2 aliphatic rings. The molecule has 2 N–H and O–H groups in total. The molecule has 0 aromatic carbocycles. The molecule has 1 aliphatic heterocycles. The van der Waals surface area contributed by atoms with Crippen LogP contribution in [0.1, 0.15) is 55.5 Å². The minimum Gasteiger partial charge on any atom is -0.331 e. The highest BCUT2D eigenvalue weighted by Gasteiger charge is 2.28. The van der Waals surface area contributed by atoms with Gasteiger partial charge in [0.15, 0.2) is 0 Å². The predicted molar refractivity (Wildman–Crippen MR) is 59.8 cm³/mol. The summed E-state index contributed by atoms with van der Waals surface area (Å²) in [6, 6.07) is 0. The first-order chi connectivity index (χ1) is 7.40. The summed E-state index contributed by atoms with van der Waals surface area (Å²) in [5, 5.41) is 0. The Kier molecular flexibility index (Phi) is 2.28. The number of aromatic nitrogens is 2. The number of hydrogen-bond acceptors (Lipinski definition) is 2. The first-order valence-electron chi connectivity index (χ1n) is 6.15. The molecule has 1 aromatic heterocycles. The number of imidazole rings is 1. The molecular formula is C12H19N3. The molecule has 0 radical (unpaired) electrons. The zero-order valence-corrected chi connectivity index (χ0v) is 9.15. The summed E-state index contributed by atoms with van der Waals surface area (Å²) in [6.07, 6.45) is 8.64. The lowest BCUT2D eigenvalue weighted by Gasteiger charge is -2.29. The van der Waals surface area contributed by atoms with E-state index in [4.69, 9.17) is 5.73 Å². The van der Waals surface area contributed by atoms with E-state index in [2.05, 4.69) is 15.7 Å². The highest BCUT2D eigenvalue weighted by Crippen LogP contribution is 2.38. The molecule has 1 unspecified atom stereocenters. The molecular weight excluding hydrogens is 186 g/mol. The van der Waals surface area contributed by atoms with Crippen LogP contribution in [0, 0.1) is 0 Å². The molecule has 3 rings (SSSR count). The van der Waals surface area contributed by atoms with Crippen LogP contribution in [0.3, 0.4) is 0 Å². The van der Waals surface area contributed by atoms with Gasteiger partial charge in [-0.15, -0.1) is 0 Å². The Hall–Kier alpha value is -0.830. The summed E-state index contributed by atoms with van der Waals surface area (Å²) in [6.45, 7) is 1.94. The molecule has 2 heterocycles. The third-order valence-electron chi connectivity index (χ3n) is 4.02. The minimum atomic E-state index is 0.556. The number of rotatable bonds is 2. The molecule has 0 amide bonds. The summed E-state index contributed by atoms with van der Waals surface area (Å²) >= 11 is 0. The summed E-state index contributed by atoms with van der Waals surface area (Å²) in [4.78, 5) is 4.63. The lowest BCUT2D eigenvalue weighted by molar-refractivity contribution is 0.367. The Morgan fingerprint density at radius 2 is 2.20 bits per heavy atom. The van der Waals surface area contributed by atoms with Crippen molar-refractivity contribution in [3.05, 3.63) is 17.7 Å². The van der Waals surface area contributed by atoms with Crippen LogP contribution in [0.2, 0.25) is 0 Å². The maximum atomic E-state index is 5.81. The van der Waals surface area contributed by atoms with Crippen LogP contribution in [-0.2, 0) is 6.54 Å². The molecule has 1 aromatic rings. The van der Waals surface area contributed by atoms with Crippen LogP contribution in [0.5, 0.6) is 0 Å². The summed E-state index contributed by atoms with van der Waals surface area (Å²) < 4.78 is 2.45. The Morgan fingerprint density at radius 1 is 1.33 bits per heavy atom. The summed E-state index contributed by atoms with van der Waals surface area (Å²) in [5.41, 5.74) is 7.20. The normalized spacial score (nSPS) is 26.1. The second-order valence-electron chi connectivity index (χ2n) is 4.90. The van der Waals surface area contributed by atoms with Gasteiger partial charge in [-0.1, -0.05) is 6.42 Å². The number of nitrogens with two attached hydrogens (primary N) is 1. The predicted octanol–water partition coefficient (Wildman–Crippen LogP) is 1.99. The van der Waals surface area contributed by atoms with E-state index < -0.39 is 0 Å². The van der Waals surface area contributed by atoms with Crippen molar-refractivity contribution in [3.63, 3.8) is 0 Å². The average Bonchev–Trinajstić information content (AvgIpc) is 2.59. The molecule has 0 spiro atoms. The van der Waals surface area contributed by atoms with Crippen LogP contribution in [0.25, 0.3) is 0 Å². The average molecular weight is 205 g/mol. The smallest absolute Gasteiger partial charge is 0.111 e. The van der Waals surface area contributed by atoms with Crippen LogP contribution in [-0.4, -0.2) is 16.1 Å². The Balaban J connectivity index is 1.94. The molecule has 0 saturated heterocycles. The summed E-state index contributed by atoms with van der Waals surface area (Å²) in [5.74, 6) is 2.64. The monoisotopic (exact) mass is 205 g/mol. The van der Waals surface area contributed by atoms with Gasteiger partial charge in [0.2, 0.25) is 0 Å². The lowest BCUT2D eigenvalue weighted by Crippen LogP contribution is -2.24. The van der Waals surface area contributed by atoms with Gasteiger partial charge < -0.3 is 10.3 Å². The molecule has 0 bridgehead atoms. The van der Waals surface area contributed by atoms with Crippen LogP contribution in [0.15, 0.2) is 6.20 Å². The van der Waals surface area contributed by atoms with Crippen molar-refractivity contribution in [1.29, 1.82) is 0 Å². The van der Waals surface area contributed by atoms with E-state index in [0.29, 0.717) is 5.92 Å². The van der Waals surface area contributed by atoms with Gasteiger partial charge in [-0.2, -0.15) is 0 Å². The van der Waals surface area contributed by atoms with Gasteiger partial charge in [0, 0.05) is 36.8 Å². The Bertz CT molecular complexity index is 338. The molecule has 3 nitrogen and oxygen atoms in total. The zero-order chi connectivity index (χ0) is 10.3. The van der Waals surface area contributed by atoms with E-state index in [1.54, 1.807) is 0 Å². The fraction of sp³-hybridized carbons (Fsp3) is 0.750. The summed E-state index contributed by atoms with van der Waals surface area (Å²) in [7, 11) is 0. The van der Waals surface area contributed by atoms with Crippen LogP contribution < -0.4 is 5.73 Å². The number of fused-ring (bicyclic) bond motifs is 1. The Morgan fingerprint density at radius 3 is 2.87 bits per heavy atom. The molecule has 82 valence electrons. The molecule has 1 saturated carbocycles. The fourth-order valence-electron chi connectivity index (χ4n) is 2.85. The van der Waals surface area contributed by atoms with Gasteiger partial charge in [-0.05, 0) is 25.7 Å². The second-order valence-corrected chi connectivity index (χ2v) is 4.90. The van der Waals surface area contributed by atoms with E-state index in [1.807, 2.05) is 0 Å². The third kappa shape index (κ3) is 1.41. The van der Waals surface area contributed by atoms with Crippen molar-refractivity contribution < 1.29 is 0 Å². The SMILES string of the molecule is NCC1CCCn2c1cnc2C1CCC1. The highest BCUT2D eigenvalue weighted by molar-refractivity contribution is 5.17. The van der Waals surface area contributed by atoms with Gasteiger partial charge in [-0.25, -0.2) is 4.98 Å². The van der Waals surface area contributed by atoms with Crippen molar-refractivity contribution in [2.75, 3.05) is 6.54 Å². The maximum absolute atomic E-state index is 5.81. The van der Waals surface area contributed by atoms with E-state index in [0.717, 1.165) is 19.0 Å². The molecule has 1 aliphatic carbocycles. The van der Waals surface area contributed by atoms with Crippen molar-refractivity contribution in [2.24, 2.45) is 5.73 Å². The van der Waals surface area contributed by atoms with Crippen LogP contribution >= 0.6 is 0 Å². The van der Waals surface area contributed by atoms with Crippen molar-refractivity contribution in [2.45, 2.75) is 50.5 Å². The van der Waals surface area contributed by atoms with E-state index in [1.165, 1.54) is 43.6 Å². The van der Waals surface area contributed by atoms with Crippen molar-refractivity contribution in [1.82, 2.24) is 9.55 Å². The lowest BCUT2D eigenvalue weighted by atomic mass is 9.84. The van der Waals surface area contributed by atoms with E-state index in [9.17, 15) is 0 Å². The van der Waals surface area contributed by atoms with Gasteiger partial charge in [0.25, 0.3) is 0 Å². The Labute approximate surface area is 90.7 Å². The third-order valence-corrected chi connectivity index (χ3v) is 4.02. The first-order valence-corrected chi connectivity index (χ1v) is 6.15. The second kappa shape index (κ2) is 3.63. The van der Waals surface area contributed by atoms with Gasteiger partial charge in [-0.3, -0.25) is 0 Å². The number of hydrogen-bond donors (Lipinski definition) is 1.